The fourth-order valence-corrected chi connectivity index (χ4v) is 1.15. The van der Waals surface area contributed by atoms with E-state index in [-0.39, 0.29) is 0 Å². The molecule has 2 nitrogen and oxygen atoms in total. The van der Waals surface area contributed by atoms with Crippen LogP contribution in [0.4, 0.5) is 0 Å². The minimum Gasteiger partial charge on any atom is -0.327 e. The van der Waals surface area contributed by atoms with Crippen molar-refractivity contribution in [2.45, 2.75) is 25.8 Å². The number of hydrogen-bond acceptors (Lipinski definition) is 1. The van der Waals surface area contributed by atoms with Crippen molar-refractivity contribution in [1.82, 2.24) is 0 Å². The van der Waals surface area contributed by atoms with E-state index < -0.39 is 0 Å². The predicted octanol–water partition coefficient (Wildman–Crippen LogP) is 0.820. The third-order valence-corrected chi connectivity index (χ3v) is 1.99. The van der Waals surface area contributed by atoms with Crippen LogP contribution >= 0.6 is 0 Å². The molecule has 2 heteroatoms. The number of likely N-dealkylation sites (N-methyl/N-ethyl adjacent to an activating group) is 1. The van der Waals surface area contributed by atoms with Crippen molar-refractivity contribution in [3.8, 4) is 0 Å². The molecule has 1 atom stereocenters. The van der Waals surface area contributed by atoms with E-state index in [1.165, 1.54) is 12.8 Å². The SMILES string of the molecule is CCCC(CN)[N+](C)(C)C. The Morgan fingerprint density at radius 3 is 1.90 bits per heavy atom. The first kappa shape index (κ1) is 9.92. The zero-order valence-corrected chi connectivity index (χ0v) is 7.72. The van der Waals surface area contributed by atoms with Crippen LogP contribution in [0.25, 0.3) is 0 Å². The lowest BCUT2D eigenvalue weighted by atomic mass is 10.1. The molecule has 10 heavy (non-hydrogen) atoms. The van der Waals surface area contributed by atoms with Gasteiger partial charge in [0.2, 0.25) is 0 Å². The van der Waals surface area contributed by atoms with Crippen molar-refractivity contribution in [3.63, 3.8) is 0 Å². The molecule has 0 fully saturated rings. The second-order valence-electron chi connectivity index (χ2n) is 3.79. The Hall–Kier alpha value is -0.0800. The average molecular weight is 145 g/mol. The lowest BCUT2D eigenvalue weighted by Crippen LogP contribution is -2.49. The van der Waals surface area contributed by atoms with Gasteiger partial charge in [-0.2, -0.15) is 0 Å². The Balaban J connectivity index is 3.81. The monoisotopic (exact) mass is 145 g/mol. The zero-order chi connectivity index (χ0) is 8.20. The molecule has 0 spiro atoms. The Morgan fingerprint density at radius 1 is 1.30 bits per heavy atom. The van der Waals surface area contributed by atoms with E-state index in [0.717, 1.165) is 11.0 Å². The predicted molar refractivity (Wildman–Crippen MR) is 45.8 cm³/mol. The lowest BCUT2D eigenvalue weighted by Gasteiger charge is -2.33. The zero-order valence-electron chi connectivity index (χ0n) is 7.72. The van der Waals surface area contributed by atoms with Crippen LogP contribution in [-0.4, -0.2) is 38.2 Å². The highest BCUT2D eigenvalue weighted by Gasteiger charge is 2.20. The third-order valence-electron chi connectivity index (χ3n) is 1.99. The van der Waals surface area contributed by atoms with Crippen LogP contribution in [-0.2, 0) is 0 Å². The number of rotatable bonds is 4. The summed E-state index contributed by atoms with van der Waals surface area (Å²) >= 11 is 0. The van der Waals surface area contributed by atoms with E-state index in [4.69, 9.17) is 5.73 Å². The van der Waals surface area contributed by atoms with E-state index in [0.29, 0.717) is 6.04 Å². The Kier molecular flexibility index (Phi) is 3.91. The van der Waals surface area contributed by atoms with Crippen molar-refractivity contribution in [3.05, 3.63) is 0 Å². The summed E-state index contributed by atoms with van der Waals surface area (Å²) in [6, 6.07) is 0.630. The van der Waals surface area contributed by atoms with Gasteiger partial charge in [-0.3, -0.25) is 0 Å². The molecule has 1 unspecified atom stereocenters. The van der Waals surface area contributed by atoms with Crippen LogP contribution in [0.2, 0.25) is 0 Å². The van der Waals surface area contributed by atoms with Crippen molar-refractivity contribution in [2.75, 3.05) is 27.7 Å². The fourth-order valence-electron chi connectivity index (χ4n) is 1.15. The normalized spacial score (nSPS) is 15.3. The molecule has 2 N–H and O–H groups in total. The third kappa shape index (κ3) is 3.18. The van der Waals surface area contributed by atoms with Crippen LogP contribution < -0.4 is 5.73 Å². The van der Waals surface area contributed by atoms with Gasteiger partial charge in [0.25, 0.3) is 0 Å². The molecule has 0 aliphatic rings. The summed E-state index contributed by atoms with van der Waals surface area (Å²) in [5.41, 5.74) is 5.63. The van der Waals surface area contributed by atoms with E-state index in [9.17, 15) is 0 Å². The van der Waals surface area contributed by atoms with Crippen molar-refractivity contribution in [1.29, 1.82) is 0 Å². The molecule has 0 amide bonds. The fraction of sp³-hybridized carbons (Fsp3) is 1.00. The number of nitrogens with two attached hydrogens (primary N) is 1. The van der Waals surface area contributed by atoms with Gasteiger partial charge < -0.3 is 10.2 Å². The Morgan fingerprint density at radius 2 is 1.80 bits per heavy atom. The highest BCUT2D eigenvalue weighted by molar-refractivity contribution is 4.56. The summed E-state index contributed by atoms with van der Waals surface area (Å²) in [5, 5.41) is 0. The Bertz CT molecular complexity index is 83.7. The highest BCUT2D eigenvalue weighted by Crippen LogP contribution is 2.07. The van der Waals surface area contributed by atoms with Gasteiger partial charge in [-0.15, -0.1) is 0 Å². The van der Waals surface area contributed by atoms with E-state index in [2.05, 4.69) is 28.1 Å². The second-order valence-corrected chi connectivity index (χ2v) is 3.79. The first-order chi connectivity index (χ1) is 4.52. The minimum atomic E-state index is 0.630. The van der Waals surface area contributed by atoms with Gasteiger partial charge >= 0.3 is 0 Å². The average Bonchev–Trinajstić information content (AvgIpc) is 1.80. The van der Waals surface area contributed by atoms with Crippen LogP contribution in [0.3, 0.4) is 0 Å². The van der Waals surface area contributed by atoms with Gasteiger partial charge in [-0.25, -0.2) is 0 Å². The van der Waals surface area contributed by atoms with Crippen LogP contribution in [0.15, 0.2) is 0 Å². The summed E-state index contributed by atoms with van der Waals surface area (Å²) in [6.07, 6.45) is 2.47. The smallest absolute Gasteiger partial charge is 0.101 e. The topological polar surface area (TPSA) is 26.0 Å². The number of quaternary nitrogens is 1. The first-order valence-electron chi connectivity index (χ1n) is 4.03. The van der Waals surface area contributed by atoms with Crippen LogP contribution in [0, 0.1) is 0 Å². The molecule has 0 bridgehead atoms. The Labute approximate surface area is 64.6 Å². The minimum absolute atomic E-state index is 0.630. The summed E-state index contributed by atoms with van der Waals surface area (Å²) in [6.45, 7) is 3.01. The van der Waals surface area contributed by atoms with Gasteiger partial charge in [0.05, 0.1) is 21.1 Å². The molecule has 0 radical (unpaired) electrons. The molecule has 0 saturated heterocycles. The molecule has 0 aromatic heterocycles. The summed E-state index contributed by atoms with van der Waals surface area (Å²) in [7, 11) is 6.60. The van der Waals surface area contributed by atoms with Crippen molar-refractivity contribution >= 4 is 0 Å². The molecular weight excluding hydrogens is 124 g/mol. The maximum atomic E-state index is 5.63. The van der Waals surface area contributed by atoms with Crippen molar-refractivity contribution in [2.24, 2.45) is 5.73 Å². The van der Waals surface area contributed by atoms with Gasteiger partial charge in [0.1, 0.15) is 6.04 Å². The van der Waals surface area contributed by atoms with E-state index in [1.54, 1.807) is 0 Å². The molecule has 0 saturated carbocycles. The number of nitrogens with zero attached hydrogens (tertiary/aromatic N) is 1. The quantitative estimate of drug-likeness (QED) is 0.582. The molecule has 0 rings (SSSR count). The van der Waals surface area contributed by atoms with Gasteiger partial charge in [0.15, 0.2) is 0 Å². The molecule has 62 valence electrons. The lowest BCUT2D eigenvalue weighted by molar-refractivity contribution is -0.894. The molecular formula is C8H21N2+. The van der Waals surface area contributed by atoms with Gasteiger partial charge in [-0.05, 0) is 0 Å². The first-order valence-corrected chi connectivity index (χ1v) is 4.03. The second kappa shape index (κ2) is 3.94. The molecule has 0 heterocycles. The van der Waals surface area contributed by atoms with Crippen LogP contribution in [0.1, 0.15) is 19.8 Å². The maximum absolute atomic E-state index is 5.63. The van der Waals surface area contributed by atoms with E-state index in [1.807, 2.05) is 0 Å². The van der Waals surface area contributed by atoms with Gasteiger partial charge in [0, 0.05) is 13.0 Å². The van der Waals surface area contributed by atoms with Crippen molar-refractivity contribution < 1.29 is 4.48 Å². The number of hydrogen-bond donors (Lipinski definition) is 1. The highest BCUT2D eigenvalue weighted by atomic mass is 15.3. The van der Waals surface area contributed by atoms with Crippen LogP contribution in [0.5, 0.6) is 0 Å². The molecule has 0 aliphatic carbocycles. The standard InChI is InChI=1S/C8H21N2/c1-5-6-8(7-9)10(2,3)4/h8H,5-7,9H2,1-4H3/q+1. The maximum Gasteiger partial charge on any atom is 0.101 e. The molecule has 0 aromatic rings. The molecule has 0 aliphatic heterocycles. The summed E-state index contributed by atoms with van der Waals surface area (Å²) < 4.78 is 0.990. The summed E-state index contributed by atoms with van der Waals surface area (Å²) in [5.74, 6) is 0. The van der Waals surface area contributed by atoms with E-state index >= 15 is 0 Å². The summed E-state index contributed by atoms with van der Waals surface area (Å²) in [4.78, 5) is 0. The molecule has 0 aromatic carbocycles. The largest absolute Gasteiger partial charge is 0.327 e. The van der Waals surface area contributed by atoms with Gasteiger partial charge in [-0.1, -0.05) is 13.3 Å².